The van der Waals surface area contributed by atoms with Gasteiger partial charge in [0.1, 0.15) is 0 Å². The van der Waals surface area contributed by atoms with Gasteiger partial charge in [-0.15, -0.1) is 0 Å². The highest BCUT2D eigenvalue weighted by atomic mass is 35.5. The molecule has 0 saturated heterocycles. The molecule has 4 nitrogen and oxygen atoms in total. The van der Waals surface area contributed by atoms with Gasteiger partial charge in [0.25, 0.3) is 0 Å². The lowest BCUT2D eigenvalue weighted by atomic mass is 10.0. The maximum atomic E-state index is 12.1. The molecule has 0 fully saturated rings. The number of rotatable bonds is 6. The van der Waals surface area contributed by atoms with Crippen molar-refractivity contribution in [3.8, 4) is 0 Å². The van der Waals surface area contributed by atoms with Gasteiger partial charge in [0.05, 0.1) is 6.04 Å². The first kappa shape index (κ1) is 23.6. The van der Waals surface area contributed by atoms with E-state index in [1.165, 1.54) is 5.56 Å². The van der Waals surface area contributed by atoms with E-state index in [0.717, 1.165) is 16.8 Å². The van der Waals surface area contributed by atoms with Gasteiger partial charge in [-0.3, -0.25) is 9.79 Å². The highest BCUT2D eigenvalue weighted by Gasteiger charge is 2.08. The molecule has 150 valence electrons. The number of ether oxygens (including phenoxy) is 1. The molecule has 0 aliphatic heterocycles. The molecule has 0 saturated carbocycles. The van der Waals surface area contributed by atoms with Crippen LogP contribution in [0.4, 0.5) is 5.69 Å². The van der Waals surface area contributed by atoms with Gasteiger partial charge in [-0.05, 0) is 80.4 Å². The summed E-state index contributed by atoms with van der Waals surface area (Å²) in [6.07, 6.45) is 5.80. The molecule has 2 rings (SSSR count). The second kappa shape index (κ2) is 12.9. The van der Waals surface area contributed by atoms with Crippen molar-refractivity contribution in [1.29, 1.82) is 0 Å². The highest BCUT2D eigenvalue weighted by molar-refractivity contribution is 6.30. The topological polar surface area (TPSA) is 50.7 Å². The molecule has 2 aromatic carbocycles. The zero-order valence-electron chi connectivity index (χ0n) is 17.2. The Balaban J connectivity index is 0.00000122. The number of carbonyl (C=O) groups is 1. The van der Waals surface area contributed by atoms with Crippen molar-refractivity contribution in [3.63, 3.8) is 0 Å². The number of aryl methyl sites for hydroxylation is 2. The van der Waals surface area contributed by atoms with E-state index < -0.39 is 0 Å². The van der Waals surface area contributed by atoms with Gasteiger partial charge in [-0.25, -0.2) is 0 Å². The van der Waals surface area contributed by atoms with Crippen molar-refractivity contribution in [2.75, 3.05) is 19.5 Å². The fourth-order valence-electron chi connectivity index (χ4n) is 2.48. The van der Waals surface area contributed by atoms with Crippen molar-refractivity contribution in [3.05, 3.63) is 76.3 Å². The van der Waals surface area contributed by atoms with Gasteiger partial charge in [0, 0.05) is 24.9 Å². The number of benzene rings is 2. The lowest BCUT2D eigenvalue weighted by Gasteiger charge is -2.11. The van der Waals surface area contributed by atoms with Gasteiger partial charge < -0.3 is 10.1 Å². The number of amides is 1. The third kappa shape index (κ3) is 8.51. The molecule has 0 spiro atoms. The summed E-state index contributed by atoms with van der Waals surface area (Å²) in [5.41, 5.74) is 4.19. The minimum atomic E-state index is -0.145. The molecule has 2 aromatic rings. The van der Waals surface area contributed by atoms with Crippen LogP contribution in [0.15, 0.2) is 59.6 Å². The fraction of sp³-hybridized carbons (Fsp3) is 0.304. The molecule has 0 aliphatic carbocycles. The molecule has 0 aliphatic rings. The Morgan fingerprint density at radius 2 is 1.89 bits per heavy atom. The molecule has 1 N–H and O–H groups in total. The largest absolute Gasteiger partial charge is 0.388 e. The minimum Gasteiger partial charge on any atom is -0.388 e. The normalized spacial score (nSPS) is 11.9. The third-order valence-electron chi connectivity index (χ3n) is 3.97. The summed E-state index contributed by atoms with van der Waals surface area (Å²) in [5, 5.41) is 3.56. The van der Waals surface area contributed by atoms with Gasteiger partial charge in [-0.1, -0.05) is 35.9 Å². The molecule has 5 heteroatoms. The average Bonchev–Trinajstić information content (AvgIpc) is 2.65. The fourth-order valence-corrected chi connectivity index (χ4v) is 2.68. The molecule has 1 unspecified atom stereocenters. The maximum Gasteiger partial charge on any atom is 0.248 e. The molecule has 0 aromatic heterocycles. The Labute approximate surface area is 173 Å². The first-order valence-electron chi connectivity index (χ1n) is 9.09. The smallest absolute Gasteiger partial charge is 0.248 e. The number of methoxy groups -OCH3 is 1. The summed E-state index contributed by atoms with van der Waals surface area (Å²) in [6.45, 7) is 5.96. The number of aliphatic imine (C=N–C) groups is 1. The lowest BCUT2D eigenvalue weighted by Crippen LogP contribution is -2.08. The van der Waals surface area contributed by atoms with E-state index in [2.05, 4.69) is 15.0 Å². The molecule has 0 heterocycles. The van der Waals surface area contributed by atoms with E-state index in [-0.39, 0.29) is 11.9 Å². The van der Waals surface area contributed by atoms with Crippen LogP contribution in [0.3, 0.4) is 0 Å². The summed E-state index contributed by atoms with van der Waals surface area (Å²) in [6, 6.07) is 13.5. The number of halogens is 1. The Kier molecular flexibility index (Phi) is 10.8. The van der Waals surface area contributed by atoms with Crippen LogP contribution in [-0.2, 0) is 9.53 Å². The van der Waals surface area contributed by atoms with Crippen LogP contribution in [0.1, 0.15) is 36.1 Å². The van der Waals surface area contributed by atoms with E-state index in [0.29, 0.717) is 11.4 Å². The molecule has 1 atom stereocenters. The molecule has 0 bridgehead atoms. The lowest BCUT2D eigenvalue weighted by molar-refractivity contribution is -0.111. The molecule has 0 radical (unpaired) electrons. The van der Waals surface area contributed by atoms with Crippen LogP contribution in [0, 0.1) is 13.8 Å². The van der Waals surface area contributed by atoms with Crippen LogP contribution >= 0.6 is 11.6 Å². The predicted octanol–water partition coefficient (Wildman–Crippen LogP) is 5.94. The van der Waals surface area contributed by atoms with Crippen molar-refractivity contribution in [2.45, 2.75) is 33.2 Å². The number of hydrogen-bond acceptors (Lipinski definition) is 3. The summed E-state index contributed by atoms with van der Waals surface area (Å²) < 4.78 is 4.25. The summed E-state index contributed by atoms with van der Waals surface area (Å²) in [4.78, 5) is 16.6. The first-order valence-corrected chi connectivity index (χ1v) is 9.47. The van der Waals surface area contributed by atoms with Crippen LogP contribution < -0.4 is 5.32 Å². The monoisotopic (exact) mass is 400 g/mol. The van der Waals surface area contributed by atoms with E-state index in [9.17, 15) is 4.79 Å². The minimum absolute atomic E-state index is 0.0469. The van der Waals surface area contributed by atoms with Crippen molar-refractivity contribution in [1.82, 2.24) is 0 Å². The number of hydrogen-bond donors (Lipinski definition) is 1. The standard InChI is InChI=1S/C21H23ClN2O.C2H6O/c1-4-23-20(17-7-5-8-18(22)14-17)9-6-10-21(25)24-19-12-11-15(2)16(3)13-19;1-3-2/h4-8,10-14,20H,9H2,1-3H3,(H,24,25);1-2H3/b10-6+,23-4?;. The van der Waals surface area contributed by atoms with E-state index in [1.54, 1.807) is 26.5 Å². The van der Waals surface area contributed by atoms with Crippen LogP contribution in [-0.4, -0.2) is 26.3 Å². The Bertz CT molecular complexity index is 816. The van der Waals surface area contributed by atoms with Crippen LogP contribution in [0.25, 0.3) is 0 Å². The van der Waals surface area contributed by atoms with Crippen molar-refractivity contribution >= 4 is 29.4 Å². The third-order valence-corrected chi connectivity index (χ3v) is 4.20. The van der Waals surface area contributed by atoms with Gasteiger partial charge in [0.15, 0.2) is 0 Å². The first-order chi connectivity index (χ1) is 13.4. The quantitative estimate of drug-likeness (QED) is 0.482. The van der Waals surface area contributed by atoms with Crippen molar-refractivity contribution < 1.29 is 9.53 Å². The van der Waals surface area contributed by atoms with Crippen molar-refractivity contribution in [2.24, 2.45) is 4.99 Å². The summed E-state index contributed by atoms with van der Waals surface area (Å²) >= 11 is 6.05. The molecule has 1 amide bonds. The number of carbonyl (C=O) groups excluding carboxylic acids is 1. The van der Waals surface area contributed by atoms with E-state index in [4.69, 9.17) is 11.6 Å². The zero-order chi connectivity index (χ0) is 20.9. The predicted molar refractivity (Wildman–Crippen MR) is 120 cm³/mol. The Morgan fingerprint density at radius 1 is 1.18 bits per heavy atom. The molecular weight excluding hydrogens is 372 g/mol. The van der Waals surface area contributed by atoms with Gasteiger partial charge in [0.2, 0.25) is 5.91 Å². The Morgan fingerprint density at radius 3 is 2.50 bits per heavy atom. The molecule has 28 heavy (non-hydrogen) atoms. The Hall–Kier alpha value is -2.43. The van der Waals surface area contributed by atoms with Gasteiger partial charge in [-0.2, -0.15) is 0 Å². The molecular formula is C23H29ClN2O2. The second-order valence-corrected chi connectivity index (χ2v) is 6.75. The van der Waals surface area contributed by atoms with E-state index >= 15 is 0 Å². The van der Waals surface area contributed by atoms with Gasteiger partial charge >= 0.3 is 0 Å². The summed E-state index contributed by atoms with van der Waals surface area (Å²) in [7, 11) is 3.25. The number of anilines is 1. The van der Waals surface area contributed by atoms with Crippen LogP contribution in [0.5, 0.6) is 0 Å². The van der Waals surface area contributed by atoms with E-state index in [1.807, 2.05) is 69.3 Å². The zero-order valence-corrected chi connectivity index (χ0v) is 18.0. The summed E-state index contributed by atoms with van der Waals surface area (Å²) in [5.74, 6) is -0.145. The van der Waals surface area contributed by atoms with Crippen LogP contribution in [0.2, 0.25) is 5.02 Å². The second-order valence-electron chi connectivity index (χ2n) is 6.31. The number of nitrogens with zero attached hydrogens (tertiary/aromatic N) is 1. The average molecular weight is 401 g/mol. The number of nitrogens with one attached hydrogen (secondary N) is 1. The SMILES string of the molecule is CC=NC(C/C=C/C(=O)Nc1ccc(C)c(C)c1)c1cccc(Cl)c1.COC. The maximum absolute atomic E-state index is 12.1. The highest BCUT2D eigenvalue weighted by Crippen LogP contribution is 2.24.